The van der Waals surface area contributed by atoms with Crippen LogP contribution in [0, 0.1) is 13.8 Å². The minimum atomic E-state index is -0.559. The summed E-state index contributed by atoms with van der Waals surface area (Å²) >= 11 is 0. The highest BCUT2D eigenvalue weighted by Crippen LogP contribution is 2.30. The summed E-state index contributed by atoms with van der Waals surface area (Å²) in [5, 5.41) is 4.77. The van der Waals surface area contributed by atoms with Crippen molar-refractivity contribution in [3.63, 3.8) is 0 Å². The van der Waals surface area contributed by atoms with Gasteiger partial charge in [0.2, 0.25) is 5.82 Å². The number of carbonyl (C=O) groups is 1. The van der Waals surface area contributed by atoms with Gasteiger partial charge in [0.05, 0.1) is 12.3 Å². The third kappa shape index (κ3) is 3.62. The van der Waals surface area contributed by atoms with Gasteiger partial charge in [-0.05, 0) is 45.4 Å². The van der Waals surface area contributed by atoms with Crippen LogP contribution in [0.5, 0.6) is 0 Å². The molecule has 1 saturated heterocycles. The molecule has 0 bridgehead atoms. The molecule has 0 saturated carbocycles. The van der Waals surface area contributed by atoms with E-state index in [1.54, 1.807) is 6.92 Å². The number of piperazine rings is 1. The molecule has 3 aromatic rings. The van der Waals surface area contributed by atoms with E-state index in [1.807, 2.05) is 6.92 Å². The van der Waals surface area contributed by atoms with E-state index < -0.39 is 5.97 Å². The second kappa shape index (κ2) is 7.69. The highest BCUT2D eigenvalue weighted by Gasteiger charge is 2.29. The van der Waals surface area contributed by atoms with Crippen molar-refractivity contribution < 1.29 is 14.1 Å². The number of esters is 1. The molecular weight excluding hydrogens is 370 g/mol. The summed E-state index contributed by atoms with van der Waals surface area (Å²) in [4.78, 5) is 25.6. The maximum atomic E-state index is 12.2. The van der Waals surface area contributed by atoms with E-state index in [0.29, 0.717) is 17.2 Å². The van der Waals surface area contributed by atoms with Crippen LogP contribution in [0.3, 0.4) is 0 Å². The average Bonchev–Trinajstić information content (AvgIpc) is 3.08. The highest BCUT2D eigenvalue weighted by atomic mass is 16.5. The van der Waals surface area contributed by atoms with Crippen molar-refractivity contribution >= 4 is 28.6 Å². The van der Waals surface area contributed by atoms with Gasteiger partial charge in [-0.3, -0.25) is 0 Å². The molecule has 0 spiro atoms. The number of aryl methyl sites for hydroxylation is 2. The van der Waals surface area contributed by atoms with Crippen LogP contribution in [0.15, 0.2) is 28.8 Å². The van der Waals surface area contributed by atoms with E-state index in [9.17, 15) is 4.79 Å². The van der Waals surface area contributed by atoms with Gasteiger partial charge in [0.25, 0.3) is 5.71 Å². The van der Waals surface area contributed by atoms with Crippen molar-refractivity contribution in [1.82, 2.24) is 15.1 Å². The summed E-state index contributed by atoms with van der Waals surface area (Å²) in [6.07, 6.45) is 0. The molecule has 1 aromatic carbocycles. The Morgan fingerprint density at radius 3 is 2.83 bits per heavy atom. The van der Waals surface area contributed by atoms with Crippen LogP contribution in [-0.2, 0) is 4.74 Å². The average molecular weight is 395 g/mol. The van der Waals surface area contributed by atoms with Gasteiger partial charge in [0.1, 0.15) is 11.2 Å². The zero-order valence-corrected chi connectivity index (χ0v) is 17.2. The first-order valence-corrected chi connectivity index (χ1v) is 9.87. The number of aromatic nitrogens is 3. The third-order valence-electron chi connectivity index (χ3n) is 5.21. The molecule has 1 atom stereocenters. The number of hydrogen-bond donors (Lipinski definition) is 0. The minimum Gasteiger partial charge on any atom is -0.460 e. The van der Waals surface area contributed by atoms with Crippen molar-refractivity contribution in [2.24, 2.45) is 0 Å². The summed E-state index contributed by atoms with van der Waals surface area (Å²) in [5.74, 6) is 0.114. The van der Waals surface area contributed by atoms with E-state index in [1.165, 1.54) is 11.3 Å². The summed E-state index contributed by atoms with van der Waals surface area (Å²) < 4.78 is 10.4. The van der Waals surface area contributed by atoms with Gasteiger partial charge in [0, 0.05) is 31.4 Å². The summed E-state index contributed by atoms with van der Waals surface area (Å²) in [6, 6.07) is 8.81. The Balaban J connectivity index is 1.66. The second-order valence-corrected chi connectivity index (χ2v) is 7.37. The first-order chi connectivity index (χ1) is 14.0. The molecule has 0 radical (unpaired) electrons. The van der Waals surface area contributed by atoms with Crippen LogP contribution >= 0.6 is 0 Å². The molecule has 0 N–H and O–H groups in total. The first-order valence-electron chi connectivity index (χ1n) is 9.87. The molecule has 152 valence electrons. The molecule has 0 unspecified atom stereocenters. The lowest BCUT2D eigenvalue weighted by molar-refractivity contribution is 0.0512. The summed E-state index contributed by atoms with van der Waals surface area (Å²) in [6.45, 7) is 10.5. The molecule has 1 aliphatic rings. The molecule has 1 aliphatic heterocycles. The molecule has 4 rings (SSSR count). The van der Waals surface area contributed by atoms with Crippen molar-refractivity contribution in [3.8, 4) is 0 Å². The van der Waals surface area contributed by atoms with Gasteiger partial charge in [0.15, 0.2) is 0 Å². The molecule has 0 amide bonds. The van der Waals surface area contributed by atoms with Crippen LogP contribution in [-0.4, -0.2) is 53.4 Å². The van der Waals surface area contributed by atoms with Crippen molar-refractivity contribution in [2.45, 2.75) is 33.7 Å². The monoisotopic (exact) mass is 395 g/mol. The first kappa shape index (κ1) is 19.2. The quantitative estimate of drug-likeness (QED) is 0.623. The number of benzene rings is 1. The molecule has 3 heterocycles. The van der Waals surface area contributed by atoms with Gasteiger partial charge in [-0.25, -0.2) is 9.78 Å². The van der Waals surface area contributed by atoms with Gasteiger partial charge >= 0.3 is 5.97 Å². The van der Waals surface area contributed by atoms with Crippen LogP contribution in [0.4, 0.5) is 11.5 Å². The van der Waals surface area contributed by atoms with Crippen molar-refractivity contribution in [3.05, 3.63) is 41.3 Å². The Hall–Kier alpha value is -3.16. The molecule has 8 heteroatoms. The number of rotatable bonds is 4. The van der Waals surface area contributed by atoms with Gasteiger partial charge in [-0.1, -0.05) is 17.3 Å². The zero-order valence-electron chi connectivity index (χ0n) is 17.2. The van der Waals surface area contributed by atoms with E-state index in [-0.39, 0.29) is 18.5 Å². The van der Waals surface area contributed by atoms with E-state index in [2.05, 4.69) is 63.0 Å². The third-order valence-corrected chi connectivity index (χ3v) is 5.21. The van der Waals surface area contributed by atoms with Gasteiger partial charge in [-0.2, -0.15) is 4.98 Å². The molecule has 2 aromatic heterocycles. The zero-order chi connectivity index (χ0) is 20.5. The predicted octanol–water partition coefficient (Wildman–Crippen LogP) is 3.13. The summed E-state index contributed by atoms with van der Waals surface area (Å²) in [7, 11) is 0. The minimum absolute atomic E-state index is 0.000679. The molecular formula is C21H25N5O3. The number of nitrogens with zero attached hydrogens (tertiary/aromatic N) is 5. The lowest BCUT2D eigenvalue weighted by atomic mass is 10.1. The van der Waals surface area contributed by atoms with Gasteiger partial charge in [-0.15, -0.1) is 0 Å². The molecule has 8 nitrogen and oxygen atoms in total. The highest BCUT2D eigenvalue weighted by molar-refractivity contribution is 5.93. The number of carbonyl (C=O) groups excluding carboxylic acids is 1. The Morgan fingerprint density at radius 2 is 2.10 bits per heavy atom. The number of fused-ring (bicyclic) bond motifs is 1. The SMILES string of the molecule is CCOC(=O)c1nc(N2CCN(c3cccc(C)c3)[C@H](C)C2)c2c(C)noc2n1. The standard InChI is InChI=1S/C21H25N5O3/c1-5-28-21(27)18-22-19(17-15(4)24-29-20(17)23-18)25-9-10-26(14(3)12-25)16-8-6-7-13(2)11-16/h6-8,11,14H,5,9-10,12H2,1-4H3/t14-/m1/s1. The Bertz CT molecular complexity index is 1050. The Kier molecular flexibility index (Phi) is 5.08. The van der Waals surface area contributed by atoms with E-state index in [0.717, 1.165) is 25.0 Å². The van der Waals surface area contributed by atoms with Crippen LogP contribution in [0.2, 0.25) is 0 Å². The van der Waals surface area contributed by atoms with Crippen molar-refractivity contribution in [1.29, 1.82) is 0 Å². The molecule has 29 heavy (non-hydrogen) atoms. The lowest BCUT2D eigenvalue weighted by Crippen LogP contribution is -2.52. The van der Waals surface area contributed by atoms with E-state index >= 15 is 0 Å². The van der Waals surface area contributed by atoms with Crippen molar-refractivity contribution in [2.75, 3.05) is 36.0 Å². The largest absolute Gasteiger partial charge is 0.460 e. The fraction of sp³-hybridized carbons (Fsp3) is 0.429. The predicted molar refractivity (Wildman–Crippen MR) is 110 cm³/mol. The lowest BCUT2D eigenvalue weighted by Gasteiger charge is -2.42. The fourth-order valence-electron chi connectivity index (χ4n) is 3.82. The second-order valence-electron chi connectivity index (χ2n) is 7.37. The fourth-order valence-corrected chi connectivity index (χ4v) is 3.82. The smallest absolute Gasteiger partial charge is 0.376 e. The molecule has 0 aliphatic carbocycles. The maximum absolute atomic E-state index is 12.2. The Morgan fingerprint density at radius 1 is 1.28 bits per heavy atom. The number of hydrogen-bond acceptors (Lipinski definition) is 8. The summed E-state index contributed by atoms with van der Waals surface area (Å²) in [5.41, 5.74) is 3.48. The Labute approximate surface area is 169 Å². The molecule has 1 fully saturated rings. The van der Waals surface area contributed by atoms with E-state index in [4.69, 9.17) is 9.26 Å². The van der Waals surface area contributed by atoms with Crippen LogP contribution < -0.4 is 9.80 Å². The van der Waals surface area contributed by atoms with Gasteiger partial charge < -0.3 is 19.1 Å². The number of ether oxygens (including phenoxy) is 1. The topological polar surface area (TPSA) is 84.6 Å². The normalized spacial score (nSPS) is 17.0. The number of anilines is 2. The van der Waals surface area contributed by atoms with Crippen LogP contribution in [0.25, 0.3) is 11.1 Å². The van der Waals surface area contributed by atoms with Crippen LogP contribution in [0.1, 0.15) is 35.7 Å². The maximum Gasteiger partial charge on any atom is 0.376 e.